The molecule has 10 heteroatoms. The average Bonchev–Trinajstić information content (AvgIpc) is 3.47. The van der Waals surface area contributed by atoms with E-state index < -0.39 is 41.9 Å². The maximum Gasteiger partial charge on any atom is 0.273 e. The van der Waals surface area contributed by atoms with Gasteiger partial charge >= 0.3 is 0 Å². The third kappa shape index (κ3) is 4.01. The van der Waals surface area contributed by atoms with Gasteiger partial charge in [-0.3, -0.25) is 19.2 Å². The van der Waals surface area contributed by atoms with Gasteiger partial charge in [0.1, 0.15) is 12.3 Å². The summed E-state index contributed by atoms with van der Waals surface area (Å²) >= 11 is 13.3. The SMILES string of the molecule is COc1ccc(C(=O)CN(C(=O)c2ccc(Cl)cc2)N2C(=O)[C@@H]3[C@H]4C[C@@H]([C@H](Br)[C@H]4Br)[C@@H]3C2=O)cc1. The van der Waals surface area contributed by atoms with Crippen molar-refractivity contribution >= 4 is 67.0 Å². The van der Waals surface area contributed by atoms with Crippen molar-refractivity contribution in [3.63, 3.8) is 0 Å². The van der Waals surface area contributed by atoms with E-state index in [2.05, 4.69) is 31.9 Å². The lowest BCUT2D eigenvalue weighted by atomic mass is 9.81. The summed E-state index contributed by atoms with van der Waals surface area (Å²) < 4.78 is 5.14. The highest BCUT2D eigenvalue weighted by molar-refractivity contribution is 9.12. The van der Waals surface area contributed by atoms with Crippen molar-refractivity contribution in [2.75, 3.05) is 13.7 Å². The molecule has 0 N–H and O–H groups in total. The van der Waals surface area contributed by atoms with Gasteiger partial charge < -0.3 is 4.74 Å². The predicted molar refractivity (Wildman–Crippen MR) is 136 cm³/mol. The number of rotatable bonds is 6. The minimum Gasteiger partial charge on any atom is -0.497 e. The van der Waals surface area contributed by atoms with Gasteiger partial charge in [0, 0.05) is 25.8 Å². The van der Waals surface area contributed by atoms with Crippen LogP contribution >= 0.6 is 43.5 Å². The number of alkyl halides is 2. The molecule has 3 aliphatic rings. The number of nitrogens with zero attached hydrogens (tertiary/aromatic N) is 2. The zero-order valence-electron chi connectivity index (χ0n) is 18.6. The molecule has 0 radical (unpaired) electrons. The molecule has 2 aromatic rings. The molecule has 1 saturated heterocycles. The Morgan fingerprint density at radius 3 is 1.97 bits per heavy atom. The Balaban J connectivity index is 1.49. The van der Waals surface area contributed by atoms with Gasteiger partial charge in [0.15, 0.2) is 5.78 Å². The van der Waals surface area contributed by atoms with E-state index in [1.165, 1.54) is 19.2 Å². The molecule has 2 aliphatic carbocycles. The third-order valence-electron chi connectivity index (χ3n) is 7.24. The van der Waals surface area contributed by atoms with Crippen LogP contribution in [0, 0.1) is 23.7 Å². The van der Waals surface area contributed by atoms with Crippen molar-refractivity contribution in [2.24, 2.45) is 23.7 Å². The Labute approximate surface area is 224 Å². The Hall–Kier alpha value is -2.23. The fraction of sp³-hybridized carbons (Fsp3) is 0.360. The smallest absolute Gasteiger partial charge is 0.273 e. The molecular formula is C25H21Br2ClN2O5. The number of amides is 3. The van der Waals surface area contributed by atoms with Gasteiger partial charge in [-0.25, -0.2) is 5.01 Å². The Bertz CT molecular complexity index is 1170. The maximum atomic E-state index is 13.6. The first-order valence-electron chi connectivity index (χ1n) is 11.1. The summed E-state index contributed by atoms with van der Waals surface area (Å²) in [6.45, 7) is -0.463. The van der Waals surface area contributed by atoms with Gasteiger partial charge in [0.25, 0.3) is 17.7 Å². The quantitative estimate of drug-likeness (QED) is 0.271. The molecule has 2 bridgehead atoms. The number of imide groups is 1. The number of ether oxygens (including phenoxy) is 1. The number of hydrazine groups is 1. The molecule has 35 heavy (non-hydrogen) atoms. The molecule has 2 saturated carbocycles. The van der Waals surface area contributed by atoms with Crippen LogP contribution in [-0.2, 0) is 9.59 Å². The number of hydrogen-bond acceptors (Lipinski definition) is 5. The second-order valence-electron chi connectivity index (χ2n) is 9.01. The normalized spacial score (nSPS) is 28.9. The molecule has 5 rings (SSSR count). The molecule has 3 fully saturated rings. The van der Waals surface area contributed by atoms with Gasteiger partial charge in [-0.05, 0) is 66.8 Å². The average molecular weight is 625 g/mol. The van der Waals surface area contributed by atoms with Crippen LogP contribution in [0.4, 0.5) is 0 Å². The van der Waals surface area contributed by atoms with Gasteiger partial charge in [0.05, 0.1) is 18.9 Å². The number of fused-ring (bicyclic) bond motifs is 5. The predicted octanol–water partition coefficient (Wildman–Crippen LogP) is 4.37. The molecule has 182 valence electrons. The molecule has 0 spiro atoms. The Morgan fingerprint density at radius 1 is 0.943 bits per heavy atom. The van der Waals surface area contributed by atoms with Crippen LogP contribution < -0.4 is 4.74 Å². The summed E-state index contributed by atoms with van der Waals surface area (Å²) in [6.07, 6.45) is 0.766. The highest BCUT2D eigenvalue weighted by Crippen LogP contribution is 2.60. The first-order chi connectivity index (χ1) is 16.7. The van der Waals surface area contributed by atoms with Gasteiger partial charge in [-0.1, -0.05) is 43.5 Å². The van der Waals surface area contributed by atoms with Crippen molar-refractivity contribution < 1.29 is 23.9 Å². The van der Waals surface area contributed by atoms with Crippen LogP contribution in [0.3, 0.4) is 0 Å². The lowest BCUT2D eigenvalue weighted by molar-refractivity contribution is -0.154. The van der Waals surface area contributed by atoms with Crippen molar-refractivity contribution in [2.45, 2.75) is 16.1 Å². The summed E-state index contributed by atoms with van der Waals surface area (Å²) in [6, 6.07) is 12.6. The largest absolute Gasteiger partial charge is 0.497 e. The summed E-state index contributed by atoms with van der Waals surface area (Å²) in [4.78, 5) is 54.1. The minimum atomic E-state index is -0.622. The van der Waals surface area contributed by atoms with E-state index in [0.717, 1.165) is 16.4 Å². The lowest BCUT2D eigenvalue weighted by Crippen LogP contribution is -2.52. The van der Waals surface area contributed by atoms with Gasteiger partial charge in [-0.15, -0.1) is 0 Å². The van der Waals surface area contributed by atoms with E-state index in [1.54, 1.807) is 36.4 Å². The highest BCUT2D eigenvalue weighted by Gasteiger charge is 2.67. The minimum absolute atomic E-state index is 0.0133. The molecular weight excluding hydrogens is 604 g/mol. The van der Waals surface area contributed by atoms with Crippen LogP contribution in [-0.4, -0.2) is 56.8 Å². The first-order valence-corrected chi connectivity index (χ1v) is 13.3. The van der Waals surface area contributed by atoms with Crippen LogP contribution in [0.15, 0.2) is 48.5 Å². The lowest BCUT2D eigenvalue weighted by Gasteiger charge is -2.31. The molecule has 1 aliphatic heterocycles. The number of methoxy groups -OCH3 is 1. The number of halogens is 3. The molecule has 7 nitrogen and oxygen atoms in total. The summed E-state index contributed by atoms with van der Waals surface area (Å²) in [5.41, 5.74) is 0.550. The number of hydrogen-bond donors (Lipinski definition) is 0. The van der Waals surface area contributed by atoms with E-state index in [1.807, 2.05) is 0 Å². The van der Waals surface area contributed by atoms with Crippen molar-refractivity contribution in [1.29, 1.82) is 0 Å². The Morgan fingerprint density at radius 2 is 1.46 bits per heavy atom. The van der Waals surface area contributed by atoms with Crippen LogP contribution in [0.5, 0.6) is 5.75 Å². The molecule has 6 atom stereocenters. The molecule has 2 aromatic carbocycles. The summed E-state index contributed by atoms with van der Waals surface area (Å²) in [5, 5.41) is 2.34. The Kier molecular flexibility index (Phi) is 6.52. The van der Waals surface area contributed by atoms with E-state index >= 15 is 0 Å². The standard InChI is InChI=1S/C25H21Br2ClN2O5/c1-35-15-8-4-12(5-9-15)18(31)11-29(23(32)13-2-6-14(28)7-3-13)30-24(33)19-16-10-17(20(19)25(30)34)22(27)21(16)26/h2-9,16-17,19-22H,10-11H2,1H3/t16-,17-,19-,20+,21+,22+/m1/s1. The van der Waals surface area contributed by atoms with Crippen molar-refractivity contribution in [3.05, 3.63) is 64.7 Å². The van der Waals surface area contributed by atoms with Gasteiger partial charge in [0.2, 0.25) is 0 Å². The van der Waals surface area contributed by atoms with E-state index in [9.17, 15) is 19.2 Å². The fourth-order valence-corrected chi connectivity index (χ4v) is 7.55. The fourth-order valence-electron chi connectivity index (χ4n) is 5.55. The number of carbonyl (C=O) groups excluding carboxylic acids is 4. The maximum absolute atomic E-state index is 13.6. The van der Waals surface area contributed by atoms with E-state index in [-0.39, 0.29) is 27.1 Å². The van der Waals surface area contributed by atoms with Crippen molar-refractivity contribution in [1.82, 2.24) is 10.0 Å². The van der Waals surface area contributed by atoms with Crippen LogP contribution in [0.2, 0.25) is 5.02 Å². The highest BCUT2D eigenvalue weighted by atomic mass is 79.9. The summed E-state index contributed by atoms with van der Waals surface area (Å²) in [7, 11) is 1.52. The second kappa shape index (κ2) is 9.33. The third-order valence-corrected chi connectivity index (χ3v) is 10.7. The molecule has 1 heterocycles. The number of Topliss-reactive ketones (excluding diaryl/α,β-unsaturated/α-hetero) is 1. The summed E-state index contributed by atoms with van der Waals surface area (Å²) in [5.74, 6) is -2.36. The first kappa shape index (κ1) is 24.5. The number of carbonyl (C=O) groups is 4. The van der Waals surface area contributed by atoms with Crippen molar-refractivity contribution in [3.8, 4) is 5.75 Å². The molecule has 0 unspecified atom stereocenters. The zero-order chi connectivity index (χ0) is 25.0. The van der Waals surface area contributed by atoms with Gasteiger partial charge in [-0.2, -0.15) is 5.01 Å². The van der Waals surface area contributed by atoms with E-state index in [0.29, 0.717) is 16.3 Å². The zero-order valence-corrected chi connectivity index (χ0v) is 22.5. The molecule has 3 amide bonds. The number of ketones is 1. The number of benzene rings is 2. The van der Waals surface area contributed by atoms with Crippen LogP contribution in [0.1, 0.15) is 27.1 Å². The molecule has 0 aromatic heterocycles. The topological polar surface area (TPSA) is 84.0 Å². The monoisotopic (exact) mass is 622 g/mol. The van der Waals surface area contributed by atoms with Crippen LogP contribution in [0.25, 0.3) is 0 Å². The van der Waals surface area contributed by atoms with E-state index in [4.69, 9.17) is 16.3 Å². The second-order valence-corrected chi connectivity index (χ2v) is 11.6.